The van der Waals surface area contributed by atoms with Crippen LogP contribution in [0.25, 0.3) is 0 Å². The lowest BCUT2D eigenvalue weighted by Gasteiger charge is -1.85. The Morgan fingerprint density at radius 1 is 1.80 bits per heavy atom. The van der Waals surface area contributed by atoms with Crippen LogP contribution in [0.1, 0.15) is 5.82 Å². The molecule has 8 nitrogen and oxygen atoms in total. The van der Waals surface area contributed by atoms with E-state index in [-0.39, 0.29) is 4.79 Å². The molecule has 0 fully saturated rings. The summed E-state index contributed by atoms with van der Waals surface area (Å²) in [6.45, 7) is 0. The first-order valence-corrected chi connectivity index (χ1v) is 2.09. The Morgan fingerprint density at radius 2 is 2.50 bits per heavy atom. The fourth-order valence-electron chi connectivity index (χ4n) is 0.360. The zero-order valence-corrected chi connectivity index (χ0v) is 4.50. The Balaban J connectivity index is 3.17. The van der Waals surface area contributed by atoms with Crippen molar-refractivity contribution >= 4 is 0 Å². The number of hydrogen-bond donors (Lipinski definition) is 0. The molecule has 10 heavy (non-hydrogen) atoms. The summed E-state index contributed by atoms with van der Waals surface area (Å²) in [6.07, 6.45) is 0. The summed E-state index contributed by atoms with van der Waals surface area (Å²) in [6, 6.07) is 1.44. The summed E-state index contributed by atoms with van der Waals surface area (Å²) in [5.74, 6) is -0.440. The summed E-state index contributed by atoms with van der Waals surface area (Å²) in [4.78, 5) is 10.1. The summed E-state index contributed by atoms with van der Waals surface area (Å²) in [7, 11) is 0. The summed E-state index contributed by atoms with van der Waals surface area (Å²) in [5.41, 5.74) is 0. The van der Waals surface area contributed by atoms with Gasteiger partial charge >= 0.3 is 5.82 Å². The molecule has 8 heteroatoms. The molecule has 1 rings (SSSR count). The molecular formula is C2N6O2. The fourth-order valence-corrected chi connectivity index (χ4v) is 0.360. The van der Waals surface area contributed by atoms with Crippen LogP contribution in [0.15, 0.2) is 0 Å². The smallest absolute Gasteiger partial charge is 0.324 e. The van der Waals surface area contributed by atoms with Gasteiger partial charge in [0.1, 0.15) is 11.3 Å². The van der Waals surface area contributed by atoms with Crippen molar-refractivity contribution < 1.29 is 5.03 Å². The quantitative estimate of drug-likeness (QED) is 0.349. The summed E-state index contributed by atoms with van der Waals surface area (Å²) in [5, 5.41) is 26.1. The second-order valence-corrected chi connectivity index (χ2v) is 1.24. The molecule has 0 saturated heterocycles. The second-order valence-electron chi connectivity index (χ2n) is 1.24. The number of tetrazole rings is 1. The predicted octanol–water partition coefficient (Wildman–Crippen LogP) is -1.42. The van der Waals surface area contributed by atoms with Crippen molar-refractivity contribution in [2.75, 3.05) is 0 Å². The summed E-state index contributed by atoms with van der Waals surface area (Å²) >= 11 is 0. The van der Waals surface area contributed by atoms with Crippen molar-refractivity contribution in [3.8, 4) is 6.07 Å². The molecule has 0 radical (unpaired) electrons. The van der Waals surface area contributed by atoms with Gasteiger partial charge in [0.25, 0.3) is 0 Å². The fraction of sp³-hybridized carbons (Fsp3) is 0. The maximum atomic E-state index is 9.92. The van der Waals surface area contributed by atoms with Crippen LogP contribution in [0.2, 0.25) is 0 Å². The first kappa shape index (κ1) is 6.09. The Kier molecular flexibility index (Phi) is 1.25. The molecule has 1 aromatic heterocycles. The van der Waals surface area contributed by atoms with Gasteiger partial charge in [-0.15, -0.1) is 0 Å². The van der Waals surface area contributed by atoms with Gasteiger partial charge in [0.15, 0.2) is 0 Å². The summed E-state index contributed by atoms with van der Waals surface area (Å²) < 4.78 is 0. The molecule has 1 heterocycles. The van der Waals surface area contributed by atoms with Crippen molar-refractivity contribution in [1.82, 2.24) is 20.3 Å². The van der Waals surface area contributed by atoms with Crippen LogP contribution in [0.3, 0.4) is 0 Å². The third-order valence-electron chi connectivity index (χ3n) is 0.708. The van der Waals surface area contributed by atoms with Gasteiger partial charge in [-0.05, 0) is 0 Å². The van der Waals surface area contributed by atoms with Crippen LogP contribution in [0.5, 0.6) is 0 Å². The van der Waals surface area contributed by atoms with E-state index in [1.807, 2.05) is 0 Å². The zero-order valence-electron chi connectivity index (χ0n) is 4.50. The number of aromatic nitrogens is 4. The Morgan fingerprint density at radius 3 is 2.90 bits per heavy atom. The Labute approximate surface area is 53.8 Å². The van der Waals surface area contributed by atoms with Crippen LogP contribution in [0, 0.1) is 21.4 Å². The highest BCUT2D eigenvalue weighted by molar-refractivity contribution is 5.03. The number of nitriles is 1. The first-order chi connectivity index (χ1) is 4.75. The van der Waals surface area contributed by atoms with Gasteiger partial charge < -0.3 is 10.1 Å². The molecule has 0 atom stereocenters. The minimum Gasteiger partial charge on any atom is -0.339 e. The van der Waals surface area contributed by atoms with Crippen LogP contribution in [0.4, 0.5) is 0 Å². The Hall–Kier alpha value is -2.04. The minimum absolute atomic E-state index is 0.194. The molecule has 0 saturated carbocycles. The minimum atomic E-state index is -0.890. The molecule has 1 aromatic rings. The van der Waals surface area contributed by atoms with Crippen molar-refractivity contribution in [3.63, 3.8) is 0 Å². The Bertz CT molecular complexity index is 295. The van der Waals surface area contributed by atoms with E-state index in [1.54, 1.807) is 0 Å². The van der Waals surface area contributed by atoms with Gasteiger partial charge in [-0.25, -0.2) is 0 Å². The zero-order chi connectivity index (χ0) is 7.56. The lowest BCUT2D eigenvalue weighted by atomic mass is 10.7. The van der Waals surface area contributed by atoms with Crippen LogP contribution < -0.4 is 0 Å². The topological polar surface area (TPSA) is 111 Å². The molecule has 50 valence electrons. The molecule has 0 aliphatic carbocycles. The average molecular weight is 140 g/mol. The van der Waals surface area contributed by atoms with E-state index < -0.39 is 10.9 Å². The van der Waals surface area contributed by atoms with E-state index in [9.17, 15) is 10.1 Å². The van der Waals surface area contributed by atoms with Crippen molar-refractivity contribution in [3.05, 3.63) is 15.9 Å². The number of nitrogens with zero attached hydrogens (tertiary/aromatic N) is 6. The SMILES string of the molecule is N#Cc1nnnn1[N+](=O)[O-]. The van der Waals surface area contributed by atoms with Gasteiger partial charge in [-0.2, -0.15) is 5.26 Å². The lowest BCUT2D eigenvalue weighted by molar-refractivity contribution is -0.554. The maximum Gasteiger partial charge on any atom is 0.324 e. The van der Waals surface area contributed by atoms with E-state index in [0.717, 1.165) is 0 Å². The van der Waals surface area contributed by atoms with Crippen molar-refractivity contribution in [2.45, 2.75) is 0 Å². The number of nitro groups is 1. The third-order valence-corrected chi connectivity index (χ3v) is 0.708. The van der Waals surface area contributed by atoms with Gasteiger partial charge in [0.05, 0.1) is 9.82 Å². The third kappa shape index (κ3) is 0.752. The van der Waals surface area contributed by atoms with Gasteiger partial charge in [0, 0.05) is 0 Å². The van der Waals surface area contributed by atoms with E-state index in [2.05, 4.69) is 15.5 Å². The number of rotatable bonds is 1. The monoisotopic (exact) mass is 140 g/mol. The molecule has 0 bridgehead atoms. The first-order valence-electron chi connectivity index (χ1n) is 2.09. The largest absolute Gasteiger partial charge is 0.339 e. The molecule has 0 aliphatic rings. The normalized spacial score (nSPS) is 8.70. The number of hydrogen-bond acceptors (Lipinski definition) is 6. The van der Waals surface area contributed by atoms with E-state index in [0.29, 0.717) is 0 Å². The molecule has 0 aromatic carbocycles. The molecular weight excluding hydrogens is 140 g/mol. The van der Waals surface area contributed by atoms with Gasteiger partial charge in [-0.1, -0.05) is 5.10 Å². The van der Waals surface area contributed by atoms with E-state index in [4.69, 9.17) is 5.26 Å². The molecule has 0 spiro atoms. The highest BCUT2D eigenvalue weighted by atomic mass is 16.7. The second kappa shape index (κ2) is 2.06. The molecule has 0 amide bonds. The molecule has 0 N–H and O–H groups in total. The van der Waals surface area contributed by atoms with E-state index >= 15 is 0 Å². The lowest BCUT2D eigenvalue weighted by Crippen LogP contribution is -2.12. The standard InChI is InChI=1S/C2N6O2/c3-1-2-4-5-6-7(2)8(9)10. The van der Waals surface area contributed by atoms with Crippen LogP contribution in [-0.2, 0) is 0 Å². The van der Waals surface area contributed by atoms with E-state index in [1.165, 1.54) is 6.07 Å². The van der Waals surface area contributed by atoms with Crippen LogP contribution >= 0.6 is 0 Å². The van der Waals surface area contributed by atoms with Gasteiger partial charge in [0.2, 0.25) is 5.21 Å². The van der Waals surface area contributed by atoms with Crippen LogP contribution in [-0.4, -0.2) is 25.3 Å². The average Bonchev–Trinajstić information content (AvgIpc) is 2.33. The van der Waals surface area contributed by atoms with Crippen molar-refractivity contribution in [2.24, 2.45) is 0 Å². The maximum absolute atomic E-state index is 9.92. The predicted molar refractivity (Wildman–Crippen MR) is 24.9 cm³/mol. The molecule has 0 aliphatic heterocycles. The van der Waals surface area contributed by atoms with Crippen molar-refractivity contribution in [1.29, 1.82) is 5.26 Å². The highest BCUT2D eigenvalue weighted by Gasteiger charge is 2.13. The van der Waals surface area contributed by atoms with Gasteiger partial charge in [-0.3, -0.25) is 0 Å². The highest BCUT2D eigenvalue weighted by Crippen LogP contribution is 1.85. The molecule has 0 unspecified atom stereocenters.